The van der Waals surface area contributed by atoms with Crippen molar-refractivity contribution in [1.29, 1.82) is 0 Å². The third-order valence-electron chi connectivity index (χ3n) is 4.38. The summed E-state index contributed by atoms with van der Waals surface area (Å²) in [6, 6.07) is 8.20. The number of benzene rings is 1. The number of hydrogen-bond acceptors (Lipinski definition) is 2. The molecule has 118 valence electrons. The summed E-state index contributed by atoms with van der Waals surface area (Å²) < 4.78 is 0. The molecule has 1 aromatic carbocycles. The minimum Gasteiger partial charge on any atom is -0.352 e. The predicted molar refractivity (Wildman–Crippen MR) is 89.6 cm³/mol. The number of halogens is 1. The molecule has 0 saturated carbocycles. The van der Waals surface area contributed by atoms with Gasteiger partial charge in [0.15, 0.2) is 0 Å². The quantitative estimate of drug-likeness (QED) is 0.877. The van der Waals surface area contributed by atoms with Gasteiger partial charge >= 0.3 is 0 Å². The fourth-order valence-electron chi connectivity index (χ4n) is 2.90. The first-order valence-electron chi connectivity index (χ1n) is 7.68. The molecule has 0 aliphatic carbocycles. The zero-order chi connectivity index (χ0) is 14.4. The molecule has 1 heterocycles. The number of carbonyl (C=O) groups is 1. The summed E-state index contributed by atoms with van der Waals surface area (Å²) in [5, 5.41) is 6.47. The molecule has 1 aliphatic heterocycles. The summed E-state index contributed by atoms with van der Waals surface area (Å²) >= 11 is 0. The normalized spacial score (nSPS) is 19.4. The van der Waals surface area contributed by atoms with Gasteiger partial charge in [-0.2, -0.15) is 0 Å². The highest BCUT2D eigenvalue weighted by molar-refractivity contribution is 5.85. The van der Waals surface area contributed by atoms with Crippen molar-refractivity contribution in [2.24, 2.45) is 11.8 Å². The topological polar surface area (TPSA) is 41.1 Å². The van der Waals surface area contributed by atoms with Gasteiger partial charge in [0.1, 0.15) is 0 Å². The molecular weight excluding hydrogens is 284 g/mol. The van der Waals surface area contributed by atoms with Crippen LogP contribution in [-0.4, -0.2) is 19.0 Å². The lowest BCUT2D eigenvalue weighted by Crippen LogP contribution is -2.35. The van der Waals surface area contributed by atoms with Gasteiger partial charge in [0.2, 0.25) is 5.91 Å². The number of hydrogen-bond donors (Lipinski definition) is 2. The fourth-order valence-corrected chi connectivity index (χ4v) is 2.90. The maximum atomic E-state index is 12.0. The van der Waals surface area contributed by atoms with Crippen LogP contribution in [0.15, 0.2) is 24.3 Å². The van der Waals surface area contributed by atoms with Crippen molar-refractivity contribution in [3.63, 3.8) is 0 Å². The number of amides is 1. The van der Waals surface area contributed by atoms with Crippen molar-refractivity contribution < 1.29 is 4.79 Å². The molecule has 0 spiro atoms. The molecule has 0 bridgehead atoms. The Kier molecular flexibility index (Phi) is 7.76. The molecule has 0 radical (unpaired) electrons. The van der Waals surface area contributed by atoms with E-state index in [0.717, 1.165) is 13.1 Å². The van der Waals surface area contributed by atoms with Crippen LogP contribution in [0.3, 0.4) is 0 Å². The maximum Gasteiger partial charge on any atom is 0.220 e. The third-order valence-corrected chi connectivity index (χ3v) is 4.38. The highest BCUT2D eigenvalue weighted by Gasteiger charge is 2.21. The van der Waals surface area contributed by atoms with E-state index in [9.17, 15) is 4.79 Å². The van der Waals surface area contributed by atoms with Gasteiger partial charge in [0, 0.05) is 13.0 Å². The maximum absolute atomic E-state index is 12.0. The minimum absolute atomic E-state index is 0. The van der Waals surface area contributed by atoms with Crippen molar-refractivity contribution in [2.45, 2.75) is 39.7 Å². The first-order valence-corrected chi connectivity index (χ1v) is 7.68. The SMILES string of the molecule is Cc1ccccc1CNC(=O)CC(C)C1CCCNC1.Cl. The lowest BCUT2D eigenvalue weighted by Gasteiger charge is -2.28. The molecule has 1 fully saturated rings. The van der Waals surface area contributed by atoms with E-state index in [1.165, 1.54) is 24.0 Å². The Bertz CT molecular complexity index is 444. The van der Waals surface area contributed by atoms with Crippen LogP contribution in [0.1, 0.15) is 37.3 Å². The monoisotopic (exact) mass is 310 g/mol. The van der Waals surface area contributed by atoms with Gasteiger partial charge in [-0.25, -0.2) is 0 Å². The first-order chi connectivity index (χ1) is 9.66. The predicted octanol–water partition coefficient (Wildman–Crippen LogP) is 3.06. The van der Waals surface area contributed by atoms with Crippen LogP contribution in [0.2, 0.25) is 0 Å². The van der Waals surface area contributed by atoms with E-state index >= 15 is 0 Å². The number of carbonyl (C=O) groups excluding carboxylic acids is 1. The molecule has 1 aliphatic rings. The number of nitrogens with one attached hydrogen (secondary N) is 2. The van der Waals surface area contributed by atoms with Gasteiger partial charge in [-0.05, 0) is 55.8 Å². The molecule has 3 nitrogen and oxygen atoms in total. The van der Waals surface area contributed by atoms with Crippen LogP contribution in [0.25, 0.3) is 0 Å². The molecular formula is C17H27ClN2O. The second-order valence-corrected chi connectivity index (χ2v) is 5.99. The number of rotatable bonds is 5. The summed E-state index contributed by atoms with van der Waals surface area (Å²) in [6.07, 6.45) is 3.12. The third kappa shape index (κ3) is 5.68. The van der Waals surface area contributed by atoms with Crippen LogP contribution in [0, 0.1) is 18.8 Å². The van der Waals surface area contributed by atoms with E-state index in [2.05, 4.69) is 36.6 Å². The van der Waals surface area contributed by atoms with Gasteiger partial charge < -0.3 is 10.6 Å². The van der Waals surface area contributed by atoms with E-state index < -0.39 is 0 Å². The molecule has 21 heavy (non-hydrogen) atoms. The molecule has 2 N–H and O–H groups in total. The van der Waals surface area contributed by atoms with Crippen LogP contribution in [0.5, 0.6) is 0 Å². The van der Waals surface area contributed by atoms with Crippen molar-refractivity contribution >= 4 is 18.3 Å². The van der Waals surface area contributed by atoms with E-state index in [0.29, 0.717) is 24.8 Å². The standard InChI is InChI=1S/C17H26N2O.ClH/c1-13-6-3-4-7-16(13)12-19-17(20)10-14(2)15-8-5-9-18-11-15;/h3-4,6-7,14-15,18H,5,8-12H2,1-2H3,(H,19,20);1H. The van der Waals surface area contributed by atoms with Crippen LogP contribution in [0.4, 0.5) is 0 Å². The lowest BCUT2D eigenvalue weighted by molar-refractivity contribution is -0.122. The van der Waals surface area contributed by atoms with Crippen molar-refractivity contribution in [1.82, 2.24) is 10.6 Å². The van der Waals surface area contributed by atoms with Crippen LogP contribution < -0.4 is 10.6 Å². The summed E-state index contributed by atoms with van der Waals surface area (Å²) in [6.45, 7) is 7.11. The average molecular weight is 311 g/mol. The molecule has 1 aromatic rings. The summed E-state index contributed by atoms with van der Waals surface area (Å²) in [5.74, 6) is 1.28. The molecule has 2 atom stereocenters. The van der Waals surface area contributed by atoms with Crippen molar-refractivity contribution in [3.05, 3.63) is 35.4 Å². The molecule has 1 amide bonds. The van der Waals surface area contributed by atoms with Gasteiger partial charge in [0.25, 0.3) is 0 Å². The van der Waals surface area contributed by atoms with Gasteiger partial charge in [-0.3, -0.25) is 4.79 Å². The Morgan fingerprint density at radius 3 is 2.86 bits per heavy atom. The second kappa shape index (κ2) is 9.06. The highest BCUT2D eigenvalue weighted by Crippen LogP contribution is 2.22. The minimum atomic E-state index is 0. The number of piperidine rings is 1. The summed E-state index contributed by atoms with van der Waals surface area (Å²) in [4.78, 5) is 12.0. The van der Waals surface area contributed by atoms with Gasteiger partial charge in [0.05, 0.1) is 0 Å². The van der Waals surface area contributed by atoms with E-state index in [1.54, 1.807) is 0 Å². The molecule has 2 rings (SSSR count). The van der Waals surface area contributed by atoms with E-state index in [-0.39, 0.29) is 18.3 Å². The van der Waals surface area contributed by atoms with Crippen LogP contribution in [-0.2, 0) is 11.3 Å². The molecule has 2 unspecified atom stereocenters. The zero-order valence-electron chi connectivity index (χ0n) is 13.0. The molecule has 0 aromatic heterocycles. The Labute approximate surface area is 134 Å². The first kappa shape index (κ1) is 18.0. The Morgan fingerprint density at radius 1 is 1.43 bits per heavy atom. The zero-order valence-corrected chi connectivity index (χ0v) is 13.8. The Morgan fingerprint density at radius 2 is 2.19 bits per heavy atom. The second-order valence-electron chi connectivity index (χ2n) is 5.99. The average Bonchev–Trinajstić information content (AvgIpc) is 2.47. The van der Waals surface area contributed by atoms with Crippen LogP contribution >= 0.6 is 12.4 Å². The summed E-state index contributed by atoms with van der Waals surface area (Å²) in [5.41, 5.74) is 2.44. The smallest absolute Gasteiger partial charge is 0.220 e. The van der Waals surface area contributed by atoms with E-state index in [1.807, 2.05) is 12.1 Å². The van der Waals surface area contributed by atoms with Gasteiger partial charge in [-0.1, -0.05) is 31.2 Å². The fraction of sp³-hybridized carbons (Fsp3) is 0.588. The number of aryl methyl sites for hydroxylation is 1. The molecule has 1 saturated heterocycles. The molecule has 4 heteroatoms. The van der Waals surface area contributed by atoms with Gasteiger partial charge in [-0.15, -0.1) is 12.4 Å². The highest BCUT2D eigenvalue weighted by atomic mass is 35.5. The largest absolute Gasteiger partial charge is 0.352 e. The Balaban J connectivity index is 0.00000220. The van der Waals surface area contributed by atoms with E-state index in [4.69, 9.17) is 0 Å². The van der Waals surface area contributed by atoms with Crippen molar-refractivity contribution in [2.75, 3.05) is 13.1 Å². The van der Waals surface area contributed by atoms with Crippen molar-refractivity contribution in [3.8, 4) is 0 Å². The summed E-state index contributed by atoms with van der Waals surface area (Å²) in [7, 11) is 0. The Hall–Kier alpha value is -1.06. The lowest BCUT2D eigenvalue weighted by atomic mass is 9.85.